The van der Waals surface area contributed by atoms with Crippen molar-refractivity contribution in [2.75, 3.05) is 17.5 Å². The summed E-state index contributed by atoms with van der Waals surface area (Å²) in [5.41, 5.74) is 2.65. The van der Waals surface area contributed by atoms with Crippen molar-refractivity contribution in [1.82, 2.24) is 9.88 Å². The fraction of sp³-hybridized carbons (Fsp3) is 0.407. The monoisotopic (exact) mass is 584 g/mol. The van der Waals surface area contributed by atoms with Crippen LogP contribution in [0, 0.1) is 17.2 Å². The molecule has 1 atom stereocenters. The number of likely N-dealkylation sites (tertiary alicyclic amines) is 1. The van der Waals surface area contributed by atoms with Crippen LogP contribution in [0.1, 0.15) is 38.7 Å². The van der Waals surface area contributed by atoms with Crippen molar-refractivity contribution >= 4 is 54.7 Å². The van der Waals surface area contributed by atoms with Crippen LogP contribution in [0.15, 0.2) is 53.5 Å². The van der Waals surface area contributed by atoms with Crippen LogP contribution in [-0.4, -0.2) is 46.3 Å². The molecule has 3 heterocycles. The Morgan fingerprint density at radius 2 is 1.85 bits per heavy atom. The fourth-order valence-corrected chi connectivity index (χ4v) is 12.7. The molecule has 0 unspecified atom stereocenters. The normalized spacial score (nSPS) is 23.1. The summed E-state index contributed by atoms with van der Waals surface area (Å²) in [6.07, 6.45) is 3.45. The van der Waals surface area contributed by atoms with Gasteiger partial charge in [-0.1, -0.05) is 0 Å². The van der Waals surface area contributed by atoms with Crippen molar-refractivity contribution < 1.29 is 4.79 Å². The summed E-state index contributed by atoms with van der Waals surface area (Å²) in [6, 6.07) is 16.8. The third kappa shape index (κ3) is 4.11. The van der Waals surface area contributed by atoms with Crippen molar-refractivity contribution in [3.8, 4) is 10.6 Å². The maximum absolute atomic E-state index is 13.4. The van der Waals surface area contributed by atoms with Crippen LogP contribution in [0.25, 0.3) is 20.8 Å². The Kier molecular flexibility index (Phi) is 5.60. The van der Waals surface area contributed by atoms with Gasteiger partial charge in [0.2, 0.25) is 0 Å². The van der Waals surface area contributed by atoms with Gasteiger partial charge in [0.25, 0.3) is 0 Å². The summed E-state index contributed by atoms with van der Waals surface area (Å²) < 4.78 is 3.66. The Morgan fingerprint density at radius 3 is 2.59 bits per heavy atom. The predicted octanol–water partition coefficient (Wildman–Crippen LogP) is 6.24. The first-order chi connectivity index (χ1) is 16.4. The molecule has 1 N–H and O–H groups in total. The summed E-state index contributed by atoms with van der Waals surface area (Å²) in [7, 11) is 0. The second-order valence-corrected chi connectivity index (χ2v) is 16.1. The van der Waals surface area contributed by atoms with Gasteiger partial charge in [-0.3, -0.25) is 0 Å². The van der Waals surface area contributed by atoms with E-state index in [2.05, 4.69) is 41.3 Å². The van der Waals surface area contributed by atoms with Crippen LogP contribution in [0.4, 0.5) is 0 Å². The Labute approximate surface area is 211 Å². The Morgan fingerprint density at radius 1 is 1.12 bits per heavy atom. The molecule has 0 spiro atoms. The molecule has 0 amide bonds. The number of alkyl halides is 1. The average Bonchev–Trinajstić information content (AvgIpc) is 3.35. The number of aliphatic imine (C=N–C) groups is 1. The van der Waals surface area contributed by atoms with Gasteiger partial charge < -0.3 is 0 Å². The molecule has 1 aromatic heterocycles. The topological polar surface area (TPSA) is 69.4 Å². The summed E-state index contributed by atoms with van der Waals surface area (Å²) >= 11 is -0.383. The number of benzene rings is 2. The second-order valence-electron chi connectivity index (χ2n) is 10.1. The molecule has 6 rings (SSSR count). The van der Waals surface area contributed by atoms with Gasteiger partial charge in [0, 0.05) is 0 Å². The number of carbonyl (C=O) groups is 1. The number of hydrogen-bond acceptors (Lipinski definition) is 5. The number of thiazole rings is 1. The molecule has 2 aliphatic heterocycles. The first-order valence-electron chi connectivity index (χ1n) is 12.0. The number of para-hydroxylation sites is 1. The third-order valence-electron chi connectivity index (χ3n) is 6.91. The van der Waals surface area contributed by atoms with Crippen LogP contribution in [0.5, 0.6) is 0 Å². The number of fused-ring (bicyclic) bond motifs is 1. The van der Waals surface area contributed by atoms with E-state index in [1.165, 1.54) is 17.5 Å². The molecule has 176 valence electrons. The number of halogens is 1. The number of carbonyl (C=O) groups excluding carboxylic acids is 1. The Bertz CT molecular complexity index is 1270. The summed E-state index contributed by atoms with van der Waals surface area (Å²) in [6.45, 7) is 5.88. The van der Waals surface area contributed by atoms with Crippen LogP contribution < -0.4 is 0 Å². The number of rotatable bonds is 5. The zero-order valence-corrected chi connectivity index (χ0v) is 22.5. The van der Waals surface area contributed by atoms with Gasteiger partial charge >= 0.3 is 212 Å². The zero-order valence-electron chi connectivity index (χ0n) is 19.6. The quantitative estimate of drug-likeness (QED) is 0.127. The molecule has 0 bridgehead atoms. The predicted molar refractivity (Wildman–Crippen MR) is 150 cm³/mol. The van der Waals surface area contributed by atoms with Crippen LogP contribution in [0.2, 0.25) is 0 Å². The van der Waals surface area contributed by atoms with Gasteiger partial charge in [-0.25, -0.2) is 0 Å². The van der Waals surface area contributed by atoms with E-state index in [0.717, 1.165) is 55.1 Å². The van der Waals surface area contributed by atoms with Gasteiger partial charge in [-0.15, -0.1) is 0 Å². The number of nitrogens with one attached hydrogen (secondary N) is 1. The molecule has 5 nitrogen and oxygen atoms in total. The number of hydrogen-bond donors (Lipinski definition) is 1. The van der Waals surface area contributed by atoms with E-state index in [1.54, 1.807) is 11.3 Å². The van der Waals surface area contributed by atoms with Crippen LogP contribution in [0.3, 0.4) is 0 Å². The van der Waals surface area contributed by atoms with E-state index < -0.39 is 25.4 Å². The SMILES string of the molecule is CC1(C)N=C(c2ccc(-c3nc4ccccc4s3)cc2)I(C[C@@H]2CCN(C(=N)C3CC3)C2)C1=O. The molecule has 1 aliphatic carbocycles. The molecule has 2 aromatic carbocycles. The number of aromatic nitrogens is 1. The number of amidine groups is 1. The molecule has 2 fully saturated rings. The molecule has 34 heavy (non-hydrogen) atoms. The molecule has 7 heteroatoms. The van der Waals surface area contributed by atoms with E-state index in [0.29, 0.717) is 15.6 Å². The fourth-order valence-electron chi connectivity index (χ4n) is 4.80. The van der Waals surface area contributed by atoms with Crippen molar-refractivity contribution in [1.29, 1.82) is 5.41 Å². The molecular formula is C27H29IN4OS. The van der Waals surface area contributed by atoms with Gasteiger partial charge in [0.05, 0.1) is 0 Å². The van der Waals surface area contributed by atoms with E-state index in [9.17, 15) is 4.79 Å². The average molecular weight is 585 g/mol. The van der Waals surface area contributed by atoms with Gasteiger partial charge in [-0.05, 0) is 0 Å². The van der Waals surface area contributed by atoms with Crippen LogP contribution >= 0.6 is 31.2 Å². The van der Waals surface area contributed by atoms with Crippen molar-refractivity contribution in [3.05, 3.63) is 54.1 Å². The number of nitrogens with zero attached hydrogens (tertiary/aromatic N) is 3. The molecule has 3 aliphatic rings. The zero-order chi connectivity index (χ0) is 23.4. The first kappa shape index (κ1) is 22.3. The third-order valence-corrected chi connectivity index (χ3v) is 14.7. The molecular weight excluding hydrogens is 555 g/mol. The Balaban J connectivity index is 1.22. The van der Waals surface area contributed by atoms with Crippen molar-refractivity contribution in [2.24, 2.45) is 16.8 Å². The van der Waals surface area contributed by atoms with Crippen molar-refractivity contribution in [2.45, 2.75) is 38.6 Å². The minimum atomic E-state index is -2.09. The molecule has 1 saturated carbocycles. The van der Waals surface area contributed by atoms with E-state index in [4.69, 9.17) is 15.4 Å². The van der Waals surface area contributed by atoms with E-state index >= 15 is 0 Å². The van der Waals surface area contributed by atoms with E-state index in [-0.39, 0.29) is 0 Å². The van der Waals surface area contributed by atoms with E-state index in [1.807, 2.05) is 26.0 Å². The van der Waals surface area contributed by atoms with Crippen molar-refractivity contribution in [3.63, 3.8) is 0 Å². The summed E-state index contributed by atoms with van der Waals surface area (Å²) in [5, 5.41) is 9.45. The van der Waals surface area contributed by atoms with Crippen LogP contribution in [-0.2, 0) is 4.79 Å². The van der Waals surface area contributed by atoms with Gasteiger partial charge in [0.15, 0.2) is 0 Å². The maximum atomic E-state index is 13.4. The second kappa shape index (κ2) is 8.52. The van der Waals surface area contributed by atoms with Gasteiger partial charge in [0.1, 0.15) is 0 Å². The van der Waals surface area contributed by atoms with Gasteiger partial charge in [-0.2, -0.15) is 0 Å². The minimum absolute atomic E-state index is 0.387. The molecule has 1 saturated heterocycles. The summed E-state index contributed by atoms with van der Waals surface area (Å²) in [5.74, 6) is 1.84. The Hall–Kier alpha value is -2.13. The standard InChI is InChI=1S/C27H29IN4OS/c1-27(2)26(33)28(15-17-13-14-32(16-17)24(29)19-9-10-19)23(31-27)18-7-11-20(12-8-18)25-30-21-5-3-4-6-22(21)34-25/h3-8,11-12,17,19,29H,9-10,13-16H2,1-2H3/t17-/m0/s1. The molecule has 3 aromatic rings. The molecule has 0 radical (unpaired) electrons. The summed E-state index contributed by atoms with van der Waals surface area (Å²) in [4.78, 5) is 25.5. The first-order valence-corrected chi connectivity index (χ1v) is 16.5.